The van der Waals surface area contributed by atoms with Crippen molar-refractivity contribution in [3.05, 3.63) is 0 Å². The molecule has 1 atom stereocenters. The van der Waals surface area contributed by atoms with E-state index in [9.17, 15) is 13.0 Å². The van der Waals surface area contributed by atoms with E-state index in [-0.39, 0.29) is 0 Å². The topological polar surface area (TPSA) is 3.24 Å². The molecular weight excluding hydrogens is 150 g/mol. The van der Waals surface area contributed by atoms with Gasteiger partial charge in [-0.2, -0.15) is 0 Å². The lowest BCUT2D eigenvalue weighted by atomic mass is 10.9. The van der Waals surface area contributed by atoms with E-state index >= 15 is 0 Å². The molecule has 0 amide bonds. The smallest absolute Gasteiger partial charge is 0.246 e. The third kappa shape index (κ3) is 4.67. The maximum atomic E-state index is 12.3. The van der Waals surface area contributed by atoms with Crippen LogP contribution in [0.25, 0.3) is 0 Å². The maximum Gasteiger partial charge on any atom is 0.246 e. The Morgan fingerprint density at radius 1 is 1.44 bits per heavy atom. The van der Waals surface area contributed by atoms with Crippen LogP contribution in [0.2, 0.25) is 0 Å². The predicted molar refractivity (Wildman–Crippen MR) is 32.6 cm³/mol. The fraction of sp³-hybridized carbons (Fsp3) is 1.00. The van der Waals surface area contributed by atoms with Crippen LogP contribution in [-0.2, 0) is 0 Å². The summed E-state index contributed by atoms with van der Waals surface area (Å²) in [5.41, 5.74) is 0. The molecule has 0 spiro atoms. The minimum Gasteiger partial charge on any atom is -0.262 e. The van der Waals surface area contributed by atoms with Gasteiger partial charge in [-0.05, 0) is 14.1 Å². The summed E-state index contributed by atoms with van der Waals surface area (Å²) < 4.78 is 36.3. The Kier molecular flexibility index (Phi) is 4.15. The van der Waals surface area contributed by atoms with Gasteiger partial charge in [-0.3, -0.25) is 4.67 Å². The second-order valence-corrected chi connectivity index (χ2v) is 3.60. The fourth-order valence-electron chi connectivity index (χ4n) is 0.277. The molecule has 0 heterocycles. The molecule has 0 aromatic rings. The first kappa shape index (κ1) is 9.18. The zero-order valence-electron chi connectivity index (χ0n) is 5.31. The molecule has 0 N–H and O–H groups in total. The average Bonchev–Trinajstić information content (AvgIpc) is 1.63. The molecule has 0 aliphatic rings. The van der Waals surface area contributed by atoms with E-state index in [2.05, 4.69) is 0 Å². The standard InChI is InChI=1S/C4H9F3NP/c1-8(2)9(7)3-4(5)6/h4H,3H2,1-2H3. The van der Waals surface area contributed by atoms with Crippen molar-refractivity contribution in [2.45, 2.75) is 6.43 Å². The van der Waals surface area contributed by atoms with E-state index < -0.39 is 21.0 Å². The van der Waals surface area contributed by atoms with E-state index in [1.165, 1.54) is 18.8 Å². The van der Waals surface area contributed by atoms with Crippen molar-refractivity contribution in [2.75, 3.05) is 20.3 Å². The quantitative estimate of drug-likeness (QED) is 0.570. The Hall–Kier alpha value is 0.180. The largest absolute Gasteiger partial charge is 0.262 e. The number of alkyl halides is 2. The second kappa shape index (κ2) is 4.07. The van der Waals surface area contributed by atoms with Crippen molar-refractivity contribution in [3.8, 4) is 0 Å². The number of halogens is 3. The monoisotopic (exact) mass is 159 g/mol. The van der Waals surface area contributed by atoms with Crippen molar-refractivity contribution >= 4 is 8.38 Å². The lowest BCUT2D eigenvalue weighted by Gasteiger charge is -2.13. The molecule has 56 valence electrons. The normalized spacial score (nSPS) is 15.0. The molecule has 0 saturated carbocycles. The minimum absolute atomic E-state index is 0.637. The van der Waals surface area contributed by atoms with Gasteiger partial charge in [0.2, 0.25) is 6.43 Å². The van der Waals surface area contributed by atoms with Crippen molar-refractivity contribution in [2.24, 2.45) is 0 Å². The van der Waals surface area contributed by atoms with Crippen LogP contribution in [0.5, 0.6) is 0 Å². The van der Waals surface area contributed by atoms with Gasteiger partial charge in [-0.25, -0.2) is 13.0 Å². The van der Waals surface area contributed by atoms with Gasteiger partial charge in [0.1, 0.15) is 0 Å². The first-order valence-electron chi connectivity index (χ1n) is 2.42. The molecule has 0 fully saturated rings. The Labute approximate surface area is 53.8 Å². The molecule has 0 aliphatic heterocycles. The van der Waals surface area contributed by atoms with Crippen LogP contribution in [0, 0.1) is 0 Å². The second-order valence-electron chi connectivity index (χ2n) is 1.76. The highest BCUT2D eigenvalue weighted by Gasteiger charge is 2.15. The minimum atomic E-state index is -2.52. The summed E-state index contributed by atoms with van der Waals surface area (Å²) in [6.45, 7) is 0. The van der Waals surface area contributed by atoms with Crippen LogP contribution in [0.3, 0.4) is 0 Å². The van der Waals surface area contributed by atoms with Crippen LogP contribution in [0.15, 0.2) is 0 Å². The van der Waals surface area contributed by atoms with Gasteiger partial charge in [0.25, 0.3) is 0 Å². The number of hydrogen-bond donors (Lipinski definition) is 0. The van der Waals surface area contributed by atoms with E-state index in [4.69, 9.17) is 0 Å². The summed E-state index contributed by atoms with van der Waals surface area (Å²) in [6, 6.07) is 0. The Bertz CT molecular complexity index is 78.2. The van der Waals surface area contributed by atoms with E-state index in [0.717, 1.165) is 0 Å². The molecule has 0 saturated heterocycles. The van der Waals surface area contributed by atoms with Crippen molar-refractivity contribution in [1.29, 1.82) is 0 Å². The van der Waals surface area contributed by atoms with Gasteiger partial charge in [0, 0.05) is 0 Å². The summed E-state index contributed by atoms with van der Waals surface area (Å²) in [6.07, 6.45) is -3.16. The van der Waals surface area contributed by atoms with E-state index in [1.807, 2.05) is 0 Å². The van der Waals surface area contributed by atoms with Crippen LogP contribution >= 0.6 is 8.38 Å². The molecule has 0 rings (SSSR count). The van der Waals surface area contributed by atoms with Crippen LogP contribution in [0.1, 0.15) is 0 Å². The van der Waals surface area contributed by atoms with Crippen LogP contribution in [0.4, 0.5) is 13.0 Å². The van der Waals surface area contributed by atoms with E-state index in [1.54, 1.807) is 0 Å². The molecule has 0 aromatic heterocycles. The predicted octanol–water partition coefficient (Wildman–Crippen LogP) is 2.09. The number of rotatable bonds is 3. The third-order valence-corrected chi connectivity index (χ3v) is 2.17. The highest BCUT2D eigenvalue weighted by atomic mass is 31.2. The molecule has 0 aliphatic carbocycles. The number of nitrogens with zero attached hydrogens (tertiary/aromatic N) is 1. The van der Waals surface area contributed by atoms with Gasteiger partial charge in [-0.1, -0.05) is 0 Å². The van der Waals surface area contributed by atoms with Gasteiger partial charge in [0.15, 0.2) is 8.38 Å². The summed E-state index contributed by atoms with van der Waals surface area (Å²) in [4.78, 5) is 0. The van der Waals surface area contributed by atoms with Gasteiger partial charge < -0.3 is 0 Å². The highest BCUT2D eigenvalue weighted by molar-refractivity contribution is 7.49. The zero-order valence-corrected chi connectivity index (χ0v) is 6.21. The summed E-state index contributed by atoms with van der Waals surface area (Å²) >= 11 is 0. The lowest BCUT2D eigenvalue weighted by Crippen LogP contribution is -2.07. The van der Waals surface area contributed by atoms with Crippen molar-refractivity contribution in [3.63, 3.8) is 0 Å². The van der Waals surface area contributed by atoms with Gasteiger partial charge in [-0.15, -0.1) is 0 Å². The summed E-state index contributed by atoms with van der Waals surface area (Å²) in [5.74, 6) is 0. The lowest BCUT2D eigenvalue weighted by molar-refractivity contribution is 0.173. The Balaban J connectivity index is 3.38. The molecule has 9 heavy (non-hydrogen) atoms. The average molecular weight is 159 g/mol. The molecule has 5 heteroatoms. The van der Waals surface area contributed by atoms with E-state index in [0.29, 0.717) is 0 Å². The van der Waals surface area contributed by atoms with Crippen LogP contribution in [-0.4, -0.2) is 31.4 Å². The molecular formula is C4H9F3NP. The SMILES string of the molecule is CN(C)P(F)CC(F)F. The first-order chi connectivity index (χ1) is 4.04. The van der Waals surface area contributed by atoms with Crippen molar-refractivity contribution < 1.29 is 13.0 Å². The third-order valence-electron chi connectivity index (χ3n) is 0.723. The number of hydrogen-bond acceptors (Lipinski definition) is 1. The van der Waals surface area contributed by atoms with Gasteiger partial charge >= 0.3 is 0 Å². The summed E-state index contributed by atoms with van der Waals surface area (Å²) in [5, 5.41) is 0. The molecule has 1 unspecified atom stereocenters. The molecule has 1 nitrogen and oxygen atoms in total. The maximum absolute atomic E-state index is 12.3. The Morgan fingerprint density at radius 3 is 2.00 bits per heavy atom. The molecule has 0 aromatic carbocycles. The summed E-state index contributed by atoms with van der Waals surface area (Å²) in [7, 11) is 0.809. The molecule has 0 bridgehead atoms. The highest BCUT2D eigenvalue weighted by Crippen LogP contribution is 2.40. The molecule has 0 radical (unpaired) electrons. The van der Waals surface area contributed by atoms with Crippen molar-refractivity contribution in [1.82, 2.24) is 4.67 Å². The zero-order chi connectivity index (χ0) is 7.44. The van der Waals surface area contributed by atoms with Crippen LogP contribution < -0.4 is 0 Å². The first-order valence-corrected chi connectivity index (χ1v) is 3.79. The Morgan fingerprint density at radius 2 is 1.89 bits per heavy atom. The fourth-order valence-corrected chi connectivity index (χ4v) is 0.832. The van der Waals surface area contributed by atoms with Gasteiger partial charge in [0.05, 0.1) is 6.16 Å².